The number of halogens is 1. The SMILES string of the molecule is O=S(=O)(Cc1ccc(Cl)nc1)N1CCCC(CO)C1. The van der Waals surface area contributed by atoms with Gasteiger partial charge < -0.3 is 5.11 Å². The van der Waals surface area contributed by atoms with E-state index in [2.05, 4.69) is 4.98 Å². The molecule has 19 heavy (non-hydrogen) atoms. The number of nitrogens with zero attached hydrogens (tertiary/aromatic N) is 2. The molecule has 1 unspecified atom stereocenters. The summed E-state index contributed by atoms with van der Waals surface area (Å²) in [6.45, 7) is 0.966. The zero-order valence-electron chi connectivity index (χ0n) is 10.5. The first kappa shape index (κ1) is 14.7. The number of hydrogen-bond donors (Lipinski definition) is 1. The average Bonchev–Trinajstić information content (AvgIpc) is 2.41. The van der Waals surface area contributed by atoms with Gasteiger partial charge in [0.15, 0.2) is 0 Å². The molecule has 0 aliphatic carbocycles. The first-order valence-electron chi connectivity index (χ1n) is 6.20. The summed E-state index contributed by atoms with van der Waals surface area (Å²) in [6.07, 6.45) is 3.15. The maximum absolute atomic E-state index is 12.3. The first-order chi connectivity index (χ1) is 9.01. The molecule has 1 saturated heterocycles. The standard InChI is InChI=1S/C12H17ClN2O3S/c13-12-4-3-10(6-14-12)9-19(17,18)15-5-1-2-11(7-15)8-16/h3-4,6,11,16H,1-2,5,7-9H2. The molecule has 1 N–H and O–H groups in total. The lowest BCUT2D eigenvalue weighted by Crippen LogP contribution is -2.41. The van der Waals surface area contributed by atoms with Crippen LogP contribution in [-0.2, 0) is 15.8 Å². The molecule has 1 aromatic rings. The molecule has 2 rings (SSSR count). The third-order valence-electron chi connectivity index (χ3n) is 3.27. The van der Waals surface area contributed by atoms with Gasteiger partial charge in [0.25, 0.3) is 0 Å². The molecule has 2 heterocycles. The molecule has 0 amide bonds. The van der Waals surface area contributed by atoms with Crippen molar-refractivity contribution in [2.24, 2.45) is 5.92 Å². The van der Waals surface area contributed by atoms with Gasteiger partial charge in [0.2, 0.25) is 10.0 Å². The van der Waals surface area contributed by atoms with Gasteiger partial charge in [0, 0.05) is 25.9 Å². The van der Waals surface area contributed by atoms with Gasteiger partial charge in [-0.1, -0.05) is 17.7 Å². The fourth-order valence-electron chi connectivity index (χ4n) is 2.22. The highest BCUT2D eigenvalue weighted by Crippen LogP contribution is 2.21. The van der Waals surface area contributed by atoms with Crippen LogP contribution in [0.3, 0.4) is 0 Å². The lowest BCUT2D eigenvalue weighted by molar-refractivity contribution is 0.165. The Balaban J connectivity index is 2.07. The van der Waals surface area contributed by atoms with Gasteiger partial charge in [-0.25, -0.2) is 17.7 Å². The zero-order chi connectivity index (χ0) is 13.9. The molecule has 106 valence electrons. The number of sulfonamides is 1. The van der Waals surface area contributed by atoms with Crippen molar-refractivity contribution in [1.82, 2.24) is 9.29 Å². The smallest absolute Gasteiger partial charge is 0.218 e. The number of aliphatic hydroxyl groups excluding tert-OH is 1. The topological polar surface area (TPSA) is 70.5 Å². The summed E-state index contributed by atoms with van der Waals surface area (Å²) in [5.74, 6) is -0.0261. The second kappa shape index (κ2) is 6.17. The maximum Gasteiger partial charge on any atom is 0.218 e. The summed E-state index contributed by atoms with van der Waals surface area (Å²) in [5, 5.41) is 9.50. The van der Waals surface area contributed by atoms with Crippen LogP contribution < -0.4 is 0 Å². The number of rotatable bonds is 4. The molecular formula is C12H17ClN2O3S. The van der Waals surface area contributed by atoms with Crippen LogP contribution in [0.5, 0.6) is 0 Å². The highest BCUT2D eigenvalue weighted by molar-refractivity contribution is 7.88. The Morgan fingerprint density at radius 3 is 2.89 bits per heavy atom. The Bertz CT molecular complexity index is 518. The number of piperidine rings is 1. The number of aromatic nitrogens is 1. The Kier molecular flexibility index (Phi) is 4.78. The summed E-state index contributed by atoms with van der Waals surface area (Å²) >= 11 is 5.67. The van der Waals surface area contributed by atoms with Crippen LogP contribution in [-0.4, -0.2) is 42.5 Å². The first-order valence-corrected chi connectivity index (χ1v) is 8.19. The minimum atomic E-state index is -3.35. The van der Waals surface area contributed by atoms with Crippen molar-refractivity contribution in [2.75, 3.05) is 19.7 Å². The van der Waals surface area contributed by atoms with Crippen molar-refractivity contribution < 1.29 is 13.5 Å². The van der Waals surface area contributed by atoms with E-state index in [1.165, 1.54) is 10.5 Å². The molecule has 1 atom stereocenters. The molecule has 0 spiro atoms. The van der Waals surface area contributed by atoms with E-state index in [-0.39, 0.29) is 18.3 Å². The van der Waals surface area contributed by atoms with Crippen LogP contribution in [0.4, 0.5) is 0 Å². The fraction of sp³-hybridized carbons (Fsp3) is 0.583. The Labute approximate surface area is 118 Å². The normalized spacial score (nSPS) is 21.5. The minimum absolute atomic E-state index is 0.0362. The highest BCUT2D eigenvalue weighted by Gasteiger charge is 2.28. The van der Waals surface area contributed by atoms with E-state index in [0.29, 0.717) is 23.8 Å². The van der Waals surface area contributed by atoms with Crippen LogP contribution in [0.15, 0.2) is 18.3 Å². The predicted molar refractivity (Wildman–Crippen MR) is 73.3 cm³/mol. The molecule has 0 bridgehead atoms. The van der Waals surface area contributed by atoms with Crippen LogP contribution in [0.25, 0.3) is 0 Å². The molecule has 1 aliphatic rings. The van der Waals surface area contributed by atoms with Crippen molar-refractivity contribution in [2.45, 2.75) is 18.6 Å². The Morgan fingerprint density at radius 1 is 1.47 bits per heavy atom. The van der Waals surface area contributed by atoms with Crippen molar-refractivity contribution in [1.29, 1.82) is 0 Å². The van der Waals surface area contributed by atoms with Gasteiger partial charge in [0.1, 0.15) is 5.15 Å². The summed E-state index contributed by atoms with van der Waals surface area (Å²) < 4.78 is 26.0. The third kappa shape index (κ3) is 3.89. The van der Waals surface area contributed by atoms with Crippen molar-refractivity contribution in [3.8, 4) is 0 Å². The second-order valence-corrected chi connectivity index (χ2v) is 7.15. The Hall–Kier alpha value is -0.690. The van der Waals surface area contributed by atoms with Crippen LogP contribution in [0, 0.1) is 5.92 Å². The third-order valence-corrected chi connectivity index (χ3v) is 5.31. The van der Waals surface area contributed by atoms with Gasteiger partial charge >= 0.3 is 0 Å². The summed E-state index contributed by atoms with van der Waals surface area (Å²) in [4.78, 5) is 3.88. The fourth-order valence-corrected chi connectivity index (χ4v) is 3.95. The van der Waals surface area contributed by atoms with E-state index in [4.69, 9.17) is 16.7 Å². The maximum atomic E-state index is 12.3. The summed E-state index contributed by atoms with van der Waals surface area (Å²) in [5.41, 5.74) is 0.621. The molecular weight excluding hydrogens is 288 g/mol. The number of aliphatic hydroxyl groups is 1. The van der Waals surface area contributed by atoms with E-state index in [9.17, 15) is 8.42 Å². The summed E-state index contributed by atoms with van der Waals surface area (Å²) in [6, 6.07) is 3.25. The average molecular weight is 305 g/mol. The lowest BCUT2D eigenvalue weighted by atomic mass is 10.0. The van der Waals surface area contributed by atoms with E-state index >= 15 is 0 Å². The van der Waals surface area contributed by atoms with E-state index in [1.807, 2.05) is 0 Å². The van der Waals surface area contributed by atoms with Gasteiger partial charge in [-0.05, 0) is 30.4 Å². The monoisotopic (exact) mass is 304 g/mol. The molecule has 1 fully saturated rings. The molecule has 0 radical (unpaired) electrons. The predicted octanol–water partition coefficient (Wildman–Crippen LogP) is 1.27. The highest BCUT2D eigenvalue weighted by atomic mass is 35.5. The zero-order valence-corrected chi connectivity index (χ0v) is 12.1. The molecule has 1 aromatic heterocycles. The second-order valence-electron chi connectivity index (χ2n) is 4.79. The molecule has 1 aliphatic heterocycles. The van der Waals surface area contributed by atoms with Crippen LogP contribution in [0.1, 0.15) is 18.4 Å². The van der Waals surface area contributed by atoms with Gasteiger partial charge in [-0.3, -0.25) is 0 Å². The largest absolute Gasteiger partial charge is 0.396 e. The quantitative estimate of drug-likeness (QED) is 0.850. The van der Waals surface area contributed by atoms with Crippen molar-refractivity contribution in [3.63, 3.8) is 0 Å². The van der Waals surface area contributed by atoms with Crippen molar-refractivity contribution >= 4 is 21.6 Å². The van der Waals surface area contributed by atoms with E-state index in [0.717, 1.165) is 12.8 Å². The van der Waals surface area contributed by atoms with E-state index < -0.39 is 10.0 Å². The number of hydrogen-bond acceptors (Lipinski definition) is 4. The van der Waals surface area contributed by atoms with Gasteiger partial charge in [-0.2, -0.15) is 0 Å². The van der Waals surface area contributed by atoms with Gasteiger partial charge in [0.05, 0.1) is 5.75 Å². The molecule has 0 aromatic carbocycles. The molecule has 0 saturated carbocycles. The Morgan fingerprint density at radius 2 is 2.26 bits per heavy atom. The number of pyridine rings is 1. The summed E-state index contributed by atoms with van der Waals surface area (Å²) in [7, 11) is -3.35. The molecule has 5 nitrogen and oxygen atoms in total. The van der Waals surface area contributed by atoms with Crippen LogP contribution in [0.2, 0.25) is 5.15 Å². The lowest BCUT2D eigenvalue weighted by Gasteiger charge is -2.30. The minimum Gasteiger partial charge on any atom is -0.396 e. The van der Waals surface area contributed by atoms with E-state index in [1.54, 1.807) is 12.1 Å². The van der Waals surface area contributed by atoms with Crippen molar-refractivity contribution in [3.05, 3.63) is 29.0 Å². The van der Waals surface area contributed by atoms with Crippen LogP contribution >= 0.6 is 11.6 Å². The van der Waals surface area contributed by atoms with Gasteiger partial charge in [-0.15, -0.1) is 0 Å². The molecule has 7 heteroatoms.